The molecule has 0 aromatic carbocycles. The monoisotopic (exact) mass is 309 g/mol. The average molecular weight is 309 g/mol. The van der Waals surface area contributed by atoms with Gasteiger partial charge in [0.1, 0.15) is 6.26 Å². The molecule has 2 atom stereocenters. The van der Waals surface area contributed by atoms with Crippen molar-refractivity contribution in [2.75, 3.05) is 26.3 Å². The highest BCUT2D eigenvalue weighted by molar-refractivity contribution is 5.91. The maximum absolute atomic E-state index is 12.0. The molecule has 1 aromatic rings. The Morgan fingerprint density at radius 3 is 2.59 bits per heavy atom. The van der Waals surface area contributed by atoms with Gasteiger partial charge < -0.3 is 24.5 Å². The van der Waals surface area contributed by atoms with Gasteiger partial charge in [-0.3, -0.25) is 4.79 Å². The molecule has 0 radical (unpaired) electrons. The van der Waals surface area contributed by atoms with Crippen LogP contribution in [0.1, 0.15) is 42.1 Å². The number of amides is 1. The Hall–Kier alpha value is -1.44. The molecule has 7 heteroatoms. The zero-order chi connectivity index (χ0) is 15.2. The third-order valence-electron chi connectivity index (χ3n) is 3.97. The smallest absolute Gasteiger partial charge is 0.273 e. The van der Waals surface area contributed by atoms with E-state index in [1.54, 1.807) is 0 Å². The van der Waals surface area contributed by atoms with Crippen LogP contribution in [-0.4, -0.2) is 49.4 Å². The van der Waals surface area contributed by atoms with E-state index in [2.05, 4.69) is 15.6 Å². The Bertz CT molecular complexity index is 479. The van der Waals surface area contributed by atoms with Crippen LogP contribution in [0.25, 0.3) is 0 Å². The van der Waals surface area contributed by atoms with E-state index >= 15 is 0 Å². The highest BCUT2D eigenvalue weighted by Gasteiger charge is 2.19. The first-order chi connectivity index (χ1) is 10.8. The molecule has 2 fully saturated rings. The van der Waals surface area contributed by atoms with Crippen molar-refractivity contribution in [3.8, 4) is 0 Å². The molecule has 0 spiro atoms. The Morgan fingerprint density at radius 2 is 1.91 bits per heavy atom. The van der Waals surface area contributed by atoms with Gasteiger partial charge in [-0.15, -0.1) is 0 Å². The fourth-order valence-corrected chi connectivity index (χ4v) is 2.74. The van der Waals surface area contributed by atoms with Crippen molar-refractivity contribution < 1.29 is 18.7 Å². The van der Waals surface area contributed by atoms with Gasteiger partial charge in [0.2, 0.25) is 5.89 Å². The predicted octanol–water partition coefficient (Wildman–Crippen LogP) is 0.852. The van der Waals surface area contributed by atoms with Crippen molar-refractivity contribution in [2.45, 2.75) is 44.4 Å². The summed E-state index contributed by atoms with van der Waals surface area (Å²) in [4.78, 5) is 16.2. The van der Waals surface area contributed by atoms with Crippen molar-refractivity contribution in [3.63, 3.8) is 0 Å². The number of hydrogen-bond acceptors (Lipinski definition) is 6. The molecular weight excluding hydrogens is 286 g/mol. The molecule has 2 aliphatic heterocycles. The van der Waals surface area contributed by atoms with Crippen molar-refractivity contribution in [3.05, 3.63) is 17.8 Å². The molecule has 122 valence electrons. The van der Waals surface area contributed by atoms with Gasteiger partial charge in [0.05, 0.1) is 18.8 Å². The summed E-state index contributed by atoms with van der Waals surface area (Å²) in [6.07, 6.45) is 6.08. The molecule has 2 saturated heterocycles. The molecule has 1 amide bonds. The molecule has 1 aromatic heterocycles. The van der Waals surface area contributed by atoms with Gasteiger partial charge in [-0.1, -0.05) is 0 Å². The van der Waals surface area contributed by atoms with Crippen molar-refractivity contribution in [2.24, 2.45) is 0 Å². The lowest BCUT2D eigenvalue weighted by Crippen LogP contribution is -2.32. The summed E-state index contributed by atoms with van der Waals surface area (Å²) in [5.41, 5.74) is 0.312. The summed E-state index contributed by atoms with van der Waals surface area (Å²) in [7, 11) is 0. The first-order valence-electron chi connectivity index (χ1n) is 7.98. The summed E-state index contributed by atoms with van der Waals surface area (Å²) in [6.45, 7) is 3.44. The lowest BCUT2D eigenvalue weighted by atomic mass is 10.2. The molecule has 0 bridgehead atoms. The molecule has 7 nitrogen and oxygen atoms in total. The number of ether oxygens (including phenoxy) is 2. The SMILES string of the molecule is O=C(NCC1CCCO1)c1coc(CNCC2CCCO2)n1. The zero-order valence-electron chi connectivity index (χ0n) is 12.7. The van der Waals surface area contributed by atoms with Crippen LogP contribution in [0.4, 0.5) is 0 Å². The normalized spacial score (nSPS) is 24.7. The maximum atomic E-state index is 12.0. The van der Waals surface area contributed by atoms with E-state index in [0.29, 0.717) is 24.7 Å². The van der Waals surface area contributed by atoms with Gasteiger partial charge in [0.25, 0.3) is 5.91 Å². The molecule has 2 unspecified atom stereocenters. The quantitative estimate of drug-likeness (QED) is 0.777. The van der Waals surface area contributed by atoms with E-state index in [9.17, 15) is 4.79 Å². The van der Waals surface area contributed by atoms with Crippen LogP contribution in [0.2, 0.25) is 0 Å². The fraction of sp³-hybridized carbons (Fsp3) is 0.733. The summed E-state index contributed by atoms with van der Waals surface area (Å²) in [5.74, 6) is 0.296. The lowest BCUT2D eigenvalue weighted by molar-refractivity contribution is 0.0853. The Morgan fingerprint density at radius 1 is 1.18 bits per heavy atom. The number of hydrogen-bond donors (Lipinski definition) is 2. The van der Waals surface area contributed by atoms with E-state index in [4.69, 9.17) is 13.9 Å². The first kappa shape index (κ1) is 15.5. The molecule has 3 rings (SSSR count). The number of rotatable bonds is 7. The van der Waals surface area contributed by atoms with Crippen LogP contribution in [0.3, 0.4) is 0 Å². The molecule has 2 N–H and O–H groups in total. The number of nitrogens with zero attached hydrogens (tertiary/aromatic N) is 1. The number of aromatic nitrogens is 1. The van der Waals surface area contributed by atoms with Gasteiger partial charge in [0, 0.05) is 26.3 Å². The van der Waals surface area contributed by atoms with Crippen molar-refractivity contribution >= 4 is 5.91 Å². The minimum absolute atomic E-state index is 0.128. The van der Waals surface area contributed by atoms with Crippen LogP contribution >= 0.6 is 0 Å². The zero-order valence-corrected chi connectivity index (χ0v) is 12.7. The van der Waals surface area contributed by atoms with E-state index in [0.717, 1.165) is 45.4 Å². The highest BCUT2D eigenvalue weighted by Crippen LogP contribution is 2.12. The predicted molar refractivity (Wildman–Crippen MR) is 78.5 cm³/mol. The van der Waals surface area contributed by atoms with Gasteiger partial charge in [-0.05, 0) is 25.7 Å². The Kier molecular flexibility index (Phi) is 5.42. The van der Waals surface area contributed by atoms with E-state index in [1.165, 1.54) is 6.26 Å². The molecule has 3 heterocycles. The molecule has 0 aliphatic carbocycles. The highest BCUT2D eigenvalue weighted by atomic mass is 16.5. The molecule has 22 heavy (non-hydrogen) atoms. The summed E-state index contributed by atoms with van der Waals surface area (Å²) in [6, 6.07) is 0. The number of carbonyl (C=O) groups excluding carboxylic acids is 1. The van der Waals surface area contributed by atoms with Crippen LogP contribution in [0.15, 0.2) is 10.7 Å². The molecular formula is C15H23N3O4. The number of oxazole rings is 1. The number of carbonyl (C=O) groups is 1. The largest absolute Gasteiger partial charge is 0.447 e. The van der Waals surface area contributed by atoms with Crippen LogP contribution in [0, 0.1) is 0 Å². The van der Waals surface area contributed by atoms with Gasteiger partial charge >= 0.3 is 0 Å². The topological polar surface area (TPSA) is 85.6 Å². The van der Waals surface area contributed by atoms with Gasteiger partial charge in [-0.2, -0.15) is 0 Å². The van der Waals surface area contributed by atoms with Crippen molar-refractivity contribution in [1.82, 2.24) is 15.6 Å². The Balaban J connectivity index is 1.38. The third-order valence-corrected chi connectivity index (χ3v) is 3.97. The van der Waals surface area contributed by atoms with Crippen LogP contribution < -0.4 is 10.6 Å². The fourth-order valence-electron chi connectivity index (χ4n) is 2.74. The second-order valence-corrected chi connectivity index (χ2v) is 5.74. The molecule has 0 saturated carbocycles. The lowest BCUT2D eigenvalue weighted by Gasteiger charge is -2.09. The standard InChI is InChI=1S/C15H23N3O4/c19-15(17-8-12-4-2-6-21-12)13-10-22-14(18-13)9-16-7-11-3-1-5-20-11/h10-12,16H,1-9H2,(H,17,19). The van der Waals surface area contributed by atoms with E-state index in [-0.39, 0.29) is 18.1 Å². The van der Waals surface area contributed by atoms with E-state index in [1.807, 2.05) is 0 Å². The van der Waals surface area contributed by atoms with E-state index < -0.39 is 0 Å². The summed E-state index contributed by atoms with van der Waals surface area (Å²) < 4.78 is 16.3. The molecule has 2 aliphatic rings. The number of nitrogens with one attached hydrogen (secondary N) is 2. The summed E-state index contributed by atoms with van der Waals surface area (Å²) >= 11 is 0. The first-order valence-corrected chi connectivity index (χ1v) is 7.98. The Labute approximate surface area is 129 Å². The van der Waals surface area contributed by atoms with Gasteiger partial charge in [-0.25, -0.2) is 4.98 Å². The third kappa shape index (κ3) is 4.28. The maximum Gasteiger partial charge on any atom is 0.273 e. The van der Waals surface area contributed by atoms with Crippen LogP contribution in [-0.2, 0) is 16.0 Å². The van der Waals surface area contributed by atoms with Crippen molar-refractivity contribution in [1.29, 1.82) is 0 Å². The average Bonchev–Trinajstić information content (AvgIpc) is 3.27. The minimum Gasteiger partial charge on any atom is -0.447 e. The minimum atomic E-state index is -0.218. The van der Waals surface area contributed by atoms with Gasteiger partial charge in [0.15, 0.2) is 5.69 Å². The second-order valence-electron chi connectivity index (χ2n) is 5.74. The second kappa shape index (κ2) is 7.71. The summed E-state index contributed by atoms with van der Waals surface area (Å²) in [5, 5.41) is 6.07. The van der Waals surface area contributed by atoms with Crippen LogP contribution in [0.5, 0.6) is 0 Å².